The number of aliphatic imine (C=N–C) groups is 1. The second-order valence-electron chi connectivity index (χ2n) is 4.68. The van der Waals surface area contributed by atoms with Gasteiger partial charge in [0.15, 0.2) is 5.96 Å². The van der Waals surface area contributed by atoms with Crippen molar-refractivity contribution in [1.82, 2.24) is 10.6 Å². The molecule has 0 saturated carbocycles. The van der Waals surface area contributed by atoms with Gasteiger partial charge in [0.1, 0.15) is 0 Å². The van der Waals surface area contributed by atoms with E-state index in [1.807, 2.05) is 12.1 Å². The Bertz CT molecular complexity index is 404. The van der Waals surface area contributed by atoms with Crippen molar-refractivity contribution in [1.29, 1.82) is 0 Å². The summed E-state index contributed by atoms with van der Waals surface area (Å²) in [5, 5.41) is 6.62. The highest BCUT2D eigenvalue weighted by Gasteiger charge is 2.02. The predicted molar refractivity (Wildman–Crippen MR) is 84.9 cm³/mol. The number of guanidine groups is 1. The van der Waals surface area contributed by atoms with Gasteiger partial charge >= 0.3 is 0 Å². The molecule has 0 bridgehead atoms. The smallest absolute Gasteiger partial charge is 0.191 e. The summed E-state index contributed by atoms with van der Waals surface area (Å²) in [6.07, 6.45) is 2.34. The predicted octanol–water partition coefficient (Wildman–Crippen LogP) is 2.69. The van der Waals surface area contributed by atoms with Crippen LogP contribution in [0.25, 0.3) is 0 Å². The van der Waals surface area contributed by atoms with Crippen LogP contribution >= 0.6 is 0 Å². The van der Waals surface area contributed by atoms with E-state index in [1.54, 1.807) is 7.11 Å². The van der Waals surface area contributed by atoms with E-state index >= 15 is 0 Å². The topological polar surface area (TPSA) is 45.7 Å². The Balaban J connectivity index is 2.65. The molecule has 1 aromatic rings. The lowest BCUT2D eigenvalue weighted by atomic mass is 10.1. The summed E-state index contributed by atoms with van der Waals surface area (Å²) in [6, 6.07) is 8.27. The van der Waals surface area contributed by atoms with E-state index in [9.17, 15) is 0 Å². The third-order valence-electron chi connectivity index (χ3n) is 2.99. The summed E-state index contributed by atoms with van der Waals surface area (Å²) in [7, 11) is 1.72. The van der Waals surface area contributed by atoms with Crippen molar-refractivity contribution in [2.45, 2.75) is 39.8 Å². The van der Waals surface area contributed by atoms with Crippen LogP contribution in [0.1, 0.15) is 37.8 Å². The van der Waals surface area contributed by atoms with Crippen LogP contribution in [0.2, 0.25) is 0 Å². The molecule has 0 aromatic heterocycles. The first kappa shape index (κ1) is 16.5. The largest absolute Gasteiger partial charge is 0.380 e. The molecule has 0 spiro atoms. The molecule has 0 aliphatic rings. The molecule has 0 radical (unpaired) electrons. The Morgan fingerprint density at radius 1 is 1.15 bits per heavy atom. The Morgan fingerprint density at radius 2 is 1.90 bits per heavy atom. The summed E-state index contributed by atoms with van der Waals surface area (Å²) in [5.74, 6) is 0.883. The highest BCUT2D eigenvalue weighted by atomic mass is 16.5. The van der Waals surface area contributed by atoms with Crippen LogP contribution in [0.3, 0.4) is 0 Å². The van der Waals surface area contributed by atoms with Gasteiger partial charge in [0.25, 0.3) is 0 Å². The zero-order chi connectivity index (χ0) is 14.6. The Kier molecular flexibility index (Phi) is 8.47. The van der Waals surface area contributed by atoms with Crippen LogP contribution in [0, 0.1) is 0 Å². The van der Waals surface area contributed by atoms with Gasteiger partial charge < -0.3 is 15.4 Å². The molecule has 1 aromatic carbocycles. The first-order valence-corrected chi connectivity index (χ1v) is 7.39. The zero-order valence-electron chi connectivity index (χ0n) is 12.9. The maximum absolute atomic E-state index is 5.22. The first-order valence-electron chi connectivity index (χ1n) is 7.39. The molecular formula is C16H27N3O. The van der Waals surface area contributed by atoms with Crippen molar-refractivity contribution < 1.29 is 4.74 Å². The lowest BCUT2D eigenvalue weighted by molar-refractivity contribution is 0.184. The van der Waals surface area contributed by atoms with Crippen molar-refractivity contribution in [3.63, 3.8) is 0 Å². The molecule has 4 heteroatoms. The average Bonchev–Trinajstić information content (AvgIpc) is 2.46. The molecule has 0 amide bonds. The van der Waals surface area contributed by atoms with Gasteiger partial charge in [-0.25, -0.2) is 4.99 Å². The number of nitrogens with one attached hydrogen (secondary N) is 2. The van der Waals surface area contributed by atoms with Gasteiger partial charge in [-0.05, 0) is 24.5 Å². The molecule has 112 valence electrons. The van der Waals surface area contributed by atoms with Crippen molar-refractivity contribution in [2.24, 2.45) is 4.99 Å². The van der Waals surface area contributed by atoms with Crippen molar-refractivity contribution in [3.05, 3.63) is 35.4 Å². The fraction of sp³-hybridized carbons (Fsp3) is 0.562. The highest BCUT2D eigenvalue weighted by molar-refractivity contribution is 5.79. The number of unbranched alkanes of at least 4 members (excludes halogenated alkanes) is 1. The third kappa shape index (κ3) is 6.06. The average molecular weight is 277 g/mol. The lowest BCUT2D eigenvalue weighted by Crippen LogP contribution is -2.37. The van der Waals surface area contributed by atoms with Crippen LogP contribution in [0.15, 0.2) is 29.3 Å². The number of benzene rings is 1. The van der Waals surface area contributed by atoms with Crippen LogP contribution in [0.5, 0.6) is 0 Å². The first-order chi connectivity index (χ1) is 9.81. The number of hydrogen-bond donors (Lipinski definition) is 2. The summed E-state index contributed by atoms with van der Waals surface area (Å²) >= 11 is 0. The SMILES string of the molecule is CCCCNC(=NCc1ccccc1COC)NCC. The number of ether oxygens (including phenoxy) is 1. The maximum atomic E-state index is 5.22. The second-order valence-corrected chi connectivity index (χ2v) is 4.68. The summed E-state index contributed by atoms with van der Waals surface area (Å²) in [4.78, 5) is 4.64. The van der Waals surface area contributed by atoms with Gasteiger partial charge in [0, 0.05) is 20.2 Å². The molecular weight excluding hydrogens is 250 g/mol. The summed E-state index contributed by atoms with van der Waals surface area (Å²) in [5.41, 5.74) is 2.41. The molecule has 4 nitrogen and oxygen atoms in total. The second kappa shape index (κ2) is 10.3. The number of methoxy groups -OCH3 is 1. The van der Waals surface area contributed by atoms with Crippen molar-refractivity contribution in [3.8, 4) is 0 Å². The van der Waals surface area contributed by atoms with Crippen molar-refractivity contribution in [2.75, 3.05) is 20.2 Å². The number of rotatable bonds is 8. The molecule has 0 heterocycles. The fourth-order valence-electron chi connectivity index (χ4n) is 1.90. The van der Waals surface area contributed by atoms with E-state index in [0.717, 1.165) is 25.5 Å². The summed E-state index contributed by atoms with van der Waals surface area (Å²) < 4.78 is 5.22. The fourth-order valence-corrected chi connectivity index (χ4v) is 1.90. The van der Waals surface area contributed by atoms with Gasteiger partial charge in [0.2, 0.25) is 0 Å². The lowest BCUT2D eigenvalue weighted by Gasteiger charge is -2.12. The van der Waals surface area contributed by atoms with Crippen LogP contribution in [-0.2, 0) is 17.9 Å². The molecule has 0 atom stereocenters. The number of nitrogens with zero attached hydrogens (tertiary/aromatic N) is 1. The van der Waals surface area contributed by atoms with Crippen LogP contribution < -0.4 is 10.6 Å². The van der Waals surface area contributed by atoms with Crippen molar-refractivity contribution >= 4 is 5.96 Å². The maximum Gasteiger partial charge on any atom is 0.191 e. The zero-order valence-corrected chi connectivity index (χ0v) is 12.9. The molecule has 0 unspecified atom stereocenters. The molecule has 0 aliphatic heterocycles. The quantitative estimate of drug-likeness (QED) is 0.436. The highest BCUT2D eigenvalue weighted by Crippen LogP contribution is 2.11. The minimum Gasteiger partial charge on any atom is -0.380 e. The van der Waals surface area contributed by atoms with Crippen LogP contribution in [0.4, 0.5) is 0 Å². The monoisotopic (exact) mass is 277 g/mol. The normalized spacial score (nSPS) is 11.4. The Morgan fingerprint density at radius 3 is 2.55 bits per heavy atom. The van der Waals surface area contributed by atoms with Crippen LogP contribution in [-0.4, -0.2) is 26.2 Å². The summed E-state index contributed by atoms with van der Waals surface area (Å²) in [6.45, 7) is 7.40. The standard InChI is InChI=1S/C16H27N3O/c1-4-6-11-18-16(17-5-2)19-12-14-9-7-8-10-15(14)13-20-3/h7-10H,4-6,11-13H2,1-3H3,(H2,17,18,19). The molecule has 2 N–H and O–H groups in total. The minimum absolute atomic E-state index is 0.630. The van der Waals surface area contributed by atoms with Gasteiger partial charge in [-0.1, -0.05) is 37.6 Å². The van der Waals surface area contributed by atoms with Gasteiger partial charge in [-0.3, -0.25) is 0 Å². The molecule has 0 fully saturated rings. The molecule has 0 aliphatic carbocycles. The Hall–Kier alpha value is -1.55. The van der Waals surface area contributed by atoms with E-state index in [4.69, 9.17) is 4.74 Å². The van der Waals surface area contributed by atoms with Gasteiger partial charge in [-0.2, -0.15) is 0 Å². The van der Waals surface area contributed by atoms with E-state index in [2.05, 4.69) is 41.6 Å². The number of hydrogen-bond acceptors (Lipinski definition) is 2. The van der Waals surface area contributed by atoms with E-state index in [1.165, 1.54) is 17.5 Å². The molecule has 20 heavy (non-hydrogen) atoms. The van der Waals surface area contributed by atoms with E-state index in [-0.39, 0.29) is 0 Å². The third-order valence-corrected chi connectivity index (χ3v) is 2.99. The van der Waals surface area contributed by atoms with E-state index in [0.29, 0.717) is 13.2 Å². The minimum atomic E-state index is 0.630. The molecule has 0 saturated heterocycles. The Labute approximate surface area is 122 Å². The van der Waals surface area contributed by atoms with Gasteiger partial charge in [-0.15, -0.1) is 0 Å². The molecule has 1 rings (SSSR count). The van der Waals surface area contributed by atoms with Gasteiger partial charge in [0.05, 0.1) is 13.2 Å². The van der Waals surface area contributed by atoms with E-state index < -0.39 is 0 Å².